The van der Waals surface area contributed by atoms with E-state index in [4.69, 9.17) is 4.74 Å². The summed E-state index contributed by atoms with van der Waals surface area (Å²) in [5, 5.41) is 3.24. The first-order valence-electron chi connectivity index (χ1n) is 7.19. The molecule has 0 spiro atoms. The second kappa shape index (κ2) is 6.79. The van der Waals surface area contributed by atoms with Crippen molar-refractivity contribution in [3.05, 3.63) is 29.8 Å². The first-order chi connectivity index (χ1) is 8.79. The predicted octanol–water partition coefficient (Wildman–Crippen LogP) is 3.93. The molecule has 2 nitrogen and oxygen atoms in total. The van der Waals surface area contributed by atoms with Crippen LogP contribution in [0.5, 0.6) is 5.75 Å². The number of ether oxygens (including phenoxy) is 1. The summed E-state index contributed by atoms with van der Waals surface area (Å²) in [6.45, 7) is 3.05. The van der Waals surface area contributed by atoms with Crippen LogP contribution in [-0.4, -0.2) is 13.7 Å². The maximum Gasteiger partial charge on any atom is 0.119 e. The molecule has 1 aromatic rings. The molecule has 0 aromatic heterocycles. The van der Waals surface area contributed by atoms with Gasteiger partial charge in [-0.2, -0.15) is 0 Å². The Morgan fingerprint density at radius 2 is 1.83 bits per heavy atom. The van der Waals surface area contributed by atoms with Gasteiger partial charge in [0, 0.05) is 6.04 Å². The quantitative estimate of drug-likeness (QED) is 0.851. The van der Waals surface area contributed by atoms with Gasteiger partial charge in [0.1, 0.15) is 5.75 Å². The van der Waals surface area contributed by atoms with Gasteiger partial charge < -0.3 is 10.1 Å². The van der Waals surface area contributed by atoms with Crippen LogP contribution in [0.15, 0.2) is 24.3 Å². The van der Waals surface area contributed by atoms with E-state index >= 15 is 0 Å². The van der Waals surface area contributed by atoms with E-state index in [9.17, 15) is 0 Å². The predicted molar refractivity (Wildman–Crippen MR) is 76.0 cm³/mol. The van der Waals surface area contributed by atoms with E-state index in [-0.39, 0.29) is 0 Å². The van der Waals surface area contributed by atoms with Gasteiger partial charge in [-0.1, -0.05) is 31.4 Å². The van der Waals surface area contributed by atoms with E-state index in [1.165, 1.54) is 37.7 Å². The lowest BCUT2D eigenvalue weighted by molar-refractivity contribution is 0.209. The lowest BCUT2D eigenvalue weighted by Gasteiger charge is -2.21. The molecule has 0 saturated heterocycles. The van der Waals surface area contributed by atoms with Crippen molar-refractivity contribution < 1.29 is 4.74 Å². The van der Waals surface area contributed by atoms with Crippen LogP contribution in [0.4, 0.5) is 0 Å². The molecule has 1 aromatic carbocycles. The van der Waals surface area contributed by atoms with E-state index in [1.54, 1.807) is 0 Å². The molecule has 0 bridgehead atoms. The van der Waals surface area contributed by atoms with Crippen LogP contribution in [0, 0.1) is 5.92 Å². The zero-order valence-corrected chi connectivity index (χ0v) is 11.6. The third kappa shape index (κ3) is 3.74. The zero-order valence-electron chi connectivity index (χ0n) is 11.6. The van der Waals surface area contributed by atoms with Gasteiger partial charge in [-0.15, -0.1) is 0 Å². The Bertz CT molecular complexity index is 341. The normalized spacial score (nSPS) is 18.6. The highest BCUT2D eigenvalue weighted by Gasteiger charge is 2.13. The van der Waals surface area contributed by atoms with Gasteiger partial charge in [-0.05, 0) is 50.4 Å². The molecular formula is C16H25NO. The van der Waals surface area contributed by atoms with Crippen LogP contribution in [-0.2, 0) is 0 Å². The minimum Gasteiger partial charge on any atom is -0.493 e. The molecule has 18 heavy (non-hydrogen) atoms. The molecule has 0 aliphatic heterocycles. The second-order valence-corrected chi connectivity index (χ2v) is 5.39. The fourth-order valence-electron chi connectivity index (χ4n) is 2.59. The van der Waals surface area contributed by atoms with Gasteiger partial charge in [0.2, 0.25) is 0 Å². The minimum atomic E-state index is 0.400. The summed E-state index contributed by atoms with van der Waals surface area (Å²) in [7, 11) is 1.98. The largest absolute Gasteiger partial charge is 0.493 e. The second-order valence-electron chi connectivity index (χ2n) is 5.39. The Labute approximate surface area is 111 Å². The first-order valence-corrected chi connectivity index (χ1v) is 7.19. The van der Waals surface area contributed by atoms with Crippen molar-refractivity contribution in [2.75, 3.05) is 13.7 Å². The van der Waals surface area contributed by atoms with E-state index in [2.05, 4.69) is 36.5 Å². The molecule has 1 atom stereocenters. The molecule has 0 radical (unpaired) electrons. The van der Waals surface area contributed by atoms with Crippen LogP contribution in [0.25, 0.3) is 0 Å². The summed E-state index contributed by atoms with van der Waals surface area (Å²) in [6, 6.07) is 8.88. The van der Waals surface area contributed by atoms with Gasteiger partial charge in [-0.3, -0.25) is 0 Å². The topological polar surface area (TPSA) is 21.3 Å². The highest BCUT2D eigenvalue weighted by atomic mass is 16.5. The Morgan fingerprint density at radius 1 is 1.17 bits per heavy atom. The van der Waals surface area contributed by atoms with Crippen molar-refractivity contribution in [2.45, 2.75) is 45.1 Å². The van der Waals surface area contributed by atoms with Crippen LogP contribution in [0.2, 0.25) is 0 Å². The molecule has 2 rings (SSSR count). The molecular weight excluding hydrogens is 222 g/mol. The number of rotatable bonds is 5. The molecule has 2 heteroatoms. The number of nitrogens with one attached hydrogen (secondary N) is 1. The Kier molecular flexibility index (Phi) is 5.06. The first kappa shape index (κ1) is 13.4. The summed E-state index contributed by atoms with van der Waals surface area (Å²) in [5.74, 6) is 1.78. The molecule has 1 unspecified atom stereocenters. The Morgan fingerprint density at radius 3 is 2.44 bits per heavy atom. The molecule has 1 fully saturated rings. The summed E-state index contributed by atoms with van der Waals surface area (Å²) in [4.78, 5) is 0. The third-order valence-electron chi connectivity index (χ3n) is 4.02. The number of hydrogen-bond donors (Lipinski definition) is 1. The summed E-state index contributed by atoms with van der Waals surface area (Å²) in [6.07, 6.45) is 6.86. The van der Waals surface area contributed by atoms with Crippen molar-refractivity contribution >= 4 is 0 Å². The molecule has 0 amide bonds. The lowest BCUT2D eigenvalue weighted by Crippen LogP contribution is -2.15. The van der Waals surface area contributed by atoms with Crippen molar-refractivity contribution in [1.29, 1.82) is 0 Å². The van der Waals surface area contributed by atoms with Crippen molar-refractivity contribution in [3.63, 3.8) is 0 Å². The SMILES string of the molecule is CNC(C)c1ccc(OCC2CCCCC2)cc1. The fraction of sp³-hybridized carbons (Fsp3) is 0.625. The number of benzene rings is 1. The van der Waals surface area contributed by atoms with Gasteiger partial charge in [0.15, 0.2) is 0 Å². The Balaban J connectivity index is 1.82. The third-order valence-corrected chi connectivity index (χ3v) is 4.02. The minimum absolute atomic E-state index is 0.400. The van der Waals surface area contributed by atoms with Gasteiger partial charge in [0.25, 0.3) is 0 Å². The van der Waals surface area contributed by atoms with Crippen molar-refractivity contribution in [1.82, 2.24) is 5.32 Å². The van der Waals surface area contributed by atoms with Gasteiger partial charge >= 0.3 is 0 Å². The maximum atomic E-state index is 5.89. The van der Waals surface area contributed by atoms with Gasteiger partial charge in [0.05, 0.1) is 6.61 Å². The lowest BCUT2D eigenvalue weighted by atomic mass is 9.90. The number of hydrogen-bond acceptors (Lipinski definition) is 2. The van der Waals surface area contributed by atoms with E-state index in [0.29, 0.717) is 6.04 Å². The van der Waals surface area contributed by atoms with E-state index in [1.807, 2.05) is 7.05 Å². The summed E-state index contributed by atoms with van der Waals surface area (Å²) >= 11 is 0. The average Bonchev–Trinajstić information content (AvgIpc) is 2.46. The zero-order chi connectivity index (χ0) is 12.8. The van der Waals surface area contributed by atoms with Crippen LogP contribution in [0.3, 0.4) is 0 Å². The molecule has 0 heterocycles. The van der Waals surface area contributed by atoms with Crippen LogP contribution < -0.4 is 10.1 Å². The summed E-state index contributed by atoms with van der Waals surface area (Å²) < 4.78 is 5.89. The van der Waals surface area contributed by atoms with Crippen LogP contribution in [0.1, 0.15) is 50.6 Å². The monoisotopic (exact) mass is 247 g/mol. The smallest absolute Gasteiger partial charge is 0.119 e. The maximum absolute atomic E-state index is 5.89. The standard InChI is InChI=1S/C16H25NO/c1-13(17-2)15-8-10-16(11-9-15)18-12-14-6-4-3-5-7-14/h8-11,13-14,17H,3-7,12H2,1-2H3. The molecule has 100 valence electrons. The van der Waals surface area contributed by atoms with E-state index < -0.39 is 0 Å². The van der Waals surface area contributed by atoms with Crippen molar-refractivity contribution in [2.24, 2.45) is 5.92 Å². The molecule has 1 aliphatic rings. The van der Waals surface area contributed by atoms with E-state index in [0.717, 1.165) is 18.3 Å². The van der Waals surface area contributed by atoms with Crippen LogP contribution >= 0.6 is 0 Å². The fourth-order valence-corrected chi connectivity index (χ4v) is 2.59. The highest BCUT2D eigenvalue weighted by molar-refractivity contribution is 5.28. The summed E-state index contributed by atoms with van der Waals surface area (Å²) in [5.41, 5.74) is 1.31. The molecule has 1 aliphatic carbocycles. The van der Waals surface area contributed by atoms with Gasteiger partial charge in [-0.25, -0.2) is 0 Å². The van der Waals surface area contributed by atoms with Crippen molar-refractivity contribution in [3.8, 4) is 5.75 Å². The Hall–Kier alpha value is -1.02. The average molecular weight is 247 g/mol. The highest BCUT2D eigenvalue weighted by Crippen LogP contribution is 2.25. The molecule has 1 N–H and O–H groups in total. The molecule has 1 saturated carbocycles.